The number of nitrogens with one attached hydrogen (secondary N) is 2. The number of fused-ring (bicyclic) bond motifs is 3. The minimum Gasteiger partial charge on any atom is -0.497 e. The summed E-state index contributed by atoms with van der Waals surface area (Å²) in [5, 5.41) is 5.47. The number of rotatable bonds is 4. The lowest BCUT2D eigenvalue weighted by Gasteiger charge is -2.37. The van der Waals surface area contributed by atoms with Gasteiger partial charge < -0.3 is 39.5 Å². The second kappa shape index (κ2) is 17.6. The second-order valence-corrected chi connectivity index (χ2v) is 15.2. The third kappa shape index (κ3) is 8.86. The molecule has 312 valence electrons. The molecule has 7 amide bonds. The maximum Gasteiger partial charge on any atom is 0.252 e. The quantitative estimate of drug-likeness (QED) is 0.369. The molecule has 7 rings (SSSR count). The van der Waals surface area contributed by atoms with Gasteiger partial charge in [-0.2, -0.15) is 0 Å². The van der Waals surface area contributed by atoms with Crippen molar-refractivity contribution in [3.63, 3.8) is 0 Å². The summed E-state index contributed by atoms with van der Waals surface area (Å²) in [6, 6.07) is 11.7. The van der Waals surface area contributed by atoms with Gasteiger partial charge in [-0.3, -0.25) is 38.5 Å². The summed E-state index contributed by atoms with van der Waals surface area (Å²) < 4.78 is 17.0. The molecule has 16 heteroatoms. The fraction of sp³-hybridized carbons (Fsp3) is 0.419. The van der Waals surface area contributed by atoms with Crippen LogP contribution in [0.5, 0.6) is 23.0 Å². The van der Waals surface area contributed by atoms with Gasteiger partial charge in [-0.1, -0.05) is 30.3 Å². The van der Waals surface area contributed by atoms with Crippen LogP contribution in [0, 0.1) is 0 Å². The molecule has 3 aromatic rings. The Hall–Kier alpha value is -6.45. The third-order valence-corrected chi connectivity index (χ3v) is 11.4. The summed E-state index contributed by atoms with van der Waals surface area (Å²) in [6.45, 7) is 2.89. The second-order valence-electron chi connectivity index (χ2n) is 15.2. The molecule has 6 atom stereocenters. The number of hydrogen-bond donors (Lipinski definition) is 2. The monoisotopic (exact) mass is 810 g/mol. The first-order valence-corrected chi connectivity index (χ1v) is 19.4. The Bertz CT molecular complexity index is 2130. The first-order chi connectivity index (χ1) is 28.1. The van der Waals surface area contributed by atoms with Gasteiger partial charge in [-0.15, -0.1) is 0 Å². The van der Waals surface area contributed by atoms with E-state index in [1.54, 1.807) is 66.7 Å². The Labute approximate surface area is 342 Å². The molecule has 4 aliphatic rings. The number of methoxy groups -OCH3 is 2. The first kappa shape index (κ1) is 42.2. The third-order valence-electron chi connectivity index (χ3n) is 11.4. The molecule has 4 aliphatic heterocycles. The lowest BCUT2D eigenvalue weighted by Crippen LogP contribution is -2.62. The number of carbonyl (C=O) groups is 7. The molecule has 4 heterocycles. The van der Waals surface area contributed by atoms with Crippen molar-refractivity contribution in [2.24, 2.45) is 0 Å². The summed E-state index contributed by atoms with van der Waals surface area (Å²) in [7, 11) is 7.34. The number of likely N-dealkylation sites (N-methyl/N-ethyl adjacent to an activating group) is 3. The Morgan fingerprint density at radius 3 is 1.90 bits per heavy atom. The highest BCUT2D eigenvalue weighted by Crippen LogP contribution is 2.34. The predicted octanol–water partition coefficient (Wildman–Crippen LogP) is 1.86. The van der Waals surface area contributed by atoms with Gasteiger partial charge in [0, 0.05) is 46.8 Å². The standard InChI is InChI=1S/C43H50N6O10/c1-24-40(53)48(5)34-21-27-10-15-30(16-11-27)59-36-23-28(12-18-35(36)58-7)22-33(47(4)43(34)56)39(52)45-25(2)41(54)49-31(17-19-37(49)50)42(55)46(3)32(38(51)44-24)20-26-8-13-29(57-6)14-9-26/h8-16,18,23-25,31-34H,17,19-22H2,1-7H3,(H,44,51)(H,45,52)/t24-,25-,31-,32-,33-,34+/m0/s1. The van der Waals surface area contributed by atoms with Gasteiger partial charge in [0.1, 0.15) is 47.8 Å². The molecule has 0 spiro atoms. The molecule has 2 fully saturated rings. The van der Waals surface area contributed by atoms with Crippen molar-refractivity contribution in [2.75, 3.05) is 35.4 Å². The van der Waals surface area contributed by atoms with Crippen molar-refractivity contribution < 1.29 is 47.8 Å². The Morgan fingerprint density at radius 2 is 1.24 bits per heavy atom. The van der Waals surface area contributed by atoms with Gasteiger partial charge >= 0.3 is 0 Å². The molecule has 0 unspecified atom stereocenters. The van der Waals surface area contributed by atoms with Crippen LogP contribution in [0.4, 0.5) is 0 Å². The largest absolute Gasteiger partial charge is 0.497 e. The molecule has 2 saturated heterocycles. The molecular weight excluding hydrogens is 761 g/mol. The summed E-state index contributed by atoms with van der Waals surface area (Å²) >= 11 is 0. The van der Waals surface area contributed by atoms with Crippen LogP contribution in [-0.4, -0.2) is 133 Å². The Kier molecular flexibility index (Phi) is 12.6. The number of carbonyl (C=O) groups excluding carboxylic acids is 7. The molecule has 0 aliphatic carbocycles. The zero-order chi connectivity index (χ0) is 42.7. The predicted molar refractivity (Wildman–Crippen MR) is 213 cm³/mol. The van der Waals surface area contributed by atoms with Crippen LogP contribution in [0.1, 0.15) is 43.4 Å². The number of benzene rings is 3. The van der Waals surface area contributed by atoms with Gasteiger partial charge in [-0.25, -0.2) is 0 Å². The van der Waals surface area contributed by atoms with Crippen LogP contribution < -0.4 is 24.8 Å². The van der Waals surface area contributed by atoms with E-state index in [2.05, 4.69) is 10.6 Å². The van der Waals surface area contributed by atoms with Crippen molar-refractivity contribution >= 4 is 41.4 Å². The summed E-state index contributed by atoms with van der Waals surface area (Å²) in [6.07, 6.45) is -0.126. The first-order valence-electron chi connectivity index (χ1n) is 19.4. The van der Waals surface area contributed by atoms with E-state index < -0.39 is 77.6 Å². The summed E-state index contributed by atoms with van der Waals surface area (Å²) in [5.41, 5.74) is 1.92. The van der Waals surface area contributed by atoms with Crippen molar-refractivity contribution in [1.82, 2.24) is 30.2 Å². The highest BCUT2D eigenvalue weighted by molar-refractivity contribution is 6.06. The van der Waals surface area contributed by atoms with E-state index in [4.69, 9.17) is 14.2 Å². The number of amides is 7. The molecule has 2 N–H and O–H groups in total. The fourth-order valence-corrected chi connectivity index (χ4v) is 7.76. The van der Waals surface area contributed by atoms with Crippen molar-refractivity contribution in [2.45, 2.75) is 82.2 Å². The summed E-state index contributed by atoms with van der Waals surface area (Å²) in [5.74, 6) is -2.79. The van der Waals surface area contributed by atoms with Crippen LogP contribution in [0.2, 0.25) is 0 Å². The van der Waals surface area contributed by atoms with Crippen LogP contribution in [0.3, 0.4) is 0 Å². The van der Waals surface area contributed by atoms with Gasteiger partial charge in [0.25, 0.3) is 5.91 Å². The molecule has 3 aromatic carbocycles. The molecule has 59 heavy (non-hydrogen) atoms. The fourth-order valence-electron chi connectivity index (χ4n) is 7.76. The molecular formula is C43H50N6O10. The van der Waals surface area contributed by atoms with Gasteiger partial charge in [-0.05, 0) is 73.4 Å². The molecule has 0 saturated carbocycles. The lowest BCUT2D eigenvalue weighted by atomic mass is 9.98. The maximum absolute atomic E-state index is 14.8. The van der Waals surface area contributed by atoms with Gasteiger partial charge in [0.05, 0.1) is 14.2 Å². The number of imide groups is 1. The highest BCUT2D eigenvalue weighted by Gasteiger charge is 2.46. The van der Waals surface area contributed by atoms with Crippen LogP contribution in [0.25, 0.3) is 0 Å². The van der Waals surface area contributed by atoms with E-state index in [9.17, 15) is 33.6 Å². The van der Waals surface area contributed by atoms with E-state index >= 15 is 0 Å². The topological polar surface area (TPSA) is 184 Å². The minimum atomic E-state index is -1.31. The van der Waals surface area contributed by atoms with Crippen molar-refractivity contribution in [3.8, 4) is 23.0 Å². The zero-order valence-electron chi connectivity index (χ0n) is 34.2. The van der Waals surface area contributed by atoms with E-state index in [0.717, 1.165) is 4.90 Å². The van der Waals surface area contributed by atoms with Gasteiger partial charge in [0.2, 0.25) is 35.4 Å². The van der Waals surface area contributed by atoms with E-state index in [1.807, 2.05) is 0 Å². The number of hydrogen-bond acceptors (Lipinski definition) is 10. The lowest BCUT2D eigenvalue weighted by molar-refractivity contribution is -0.154. The van der Waals surface area contributed by atoms with Crippen molar-refractivity contribution in [3.05, 3.63) is 83.4 Å². The highest BCUT2D eigenvalue weighted by atomic mass is 16.5. The van der Waals surface area contributed by atoms with E-state index in [-0.39, 0.29) is 32.1 Å². The smallest absolute Gasteiger partial charge is 0.252 e. The average Bonchev–Trinajstić information content (AvgIpc) is 3.62. The number of ether oxygens (including phenoxy) is 3. The molecule has 0 radical (unpaired) electrons. The van der Waals surface area contributed by atoms with Crippen molar-refractivity contribution in [1.29, 1.82) is 0 Å². The zero-order valence-corrected chi connectivity index (χ0v) is 34.2. The molecule has 0 aromatic heterocycles. The molecule has 16 nitrogen and oxygen atoms in total. The molecule has 6 bridgehead atoms. The van der Waals surface area contributed by atoms with Crippen LogP contribution >= 0.6 is 0 Å². The van der Waals surface area contributed by atoms with Crippen LogP contribution in [0.15, 0.2) is 66.7 Å². The van der Waals surface area contributed by atoms with Crippen LogP contribution in [-0.2, 0) is 52.8 Å². The van der Waals surface area contributed by atoms with Gasteiger partial charge in [0.15, 0.2) is 11.5 Å². The minimum absolute atomic E-state index is 0.00335. The summed E-state index contributed by atoms with van der Waals surface area (Å²) in [4.78, 5) is 104. The van der Waals surface area contributed by atoms with E-state index in [1.165, 1.54) is 63.9 Å². The average molecular weight is 811 g/mol. The Morgan fingerprint density at radius 1 is 0.644 bits per heavy atom. The number of nitrogens with zero attached hydrogens (tertiary/aromatic N) is 4. The van der Waals surface area contributed by atoms with E-state index in [0.29, 0.717) is 39.7 Å². The SMILES string of the molecule is COc1ccc(C[C@H]2C(=O)N[C@@H](C)C(=O)N(C)[C@@H]3Cc4ccc(cc4)Oc4cc(ccc4OC)C[C@@H](C(=O)N[C@@H](C)C(=O)N4C(=O)CC[C@H]4C(=O)N2C)N(C)C3=O)cc1. The normalized spacial score (nSPS) is 24.8. The Balaban J connectivity index is 1.44. The maximum atomic E-state index is 14.8.